The number of pyridine rings is 1. The Hall–Kier alpha value is -1.23. The Morgan fingerprint density at radius 3 is 3.18 bits per heavy atom. The molecule has 1 aromatic heterocycles. The highest BCUT2D eigenvalue weighted by atomic mass is 32.2. The molecular formula is C12H16N2O2S. The van der Waals surface area contributed by atoms with E-state index < -0.39 is 5.97 Å². The van der Waals surface area contributed by atoms with Crippen LogP contribution in [0.15, 0.2) is 12.3 Å². The zero-order chi connectivity index (χ0) is 12.3. The molecule has 1 aromatic rings. The minimum Gasteiger partial charge on any atom is -0.478 e. The summed E-state index contributed by atoms with van der Waals surface area (Å²) in [5, 5.41) is 12.9. The Labute approximate surface area is 105 Å². The van der Waals surface area contributed by atoms with Gasteiger partial charge >= 0.3 is 5.97 Å². The van der Waals surface area contributed by atoms with Gasteiger partial charge in [0.05, 0.1) is 0 Å². The predicted molar refractivity (Wildman–Crippen MR) is 69.9 cm³/mol. The molecular weight excluding hydrogens is 236 g/mol. The molecule has 1 aliphatic rings. The normalized spacial score (nSPS) is 19.2. The number of nitrogens with zero attached hydrogens (tertiary/aromatic N) is 1. The van der Waals surface area contributed by atoms with E-state index in [1.54, 1.807) is 19.2 Å². The molecule has 4 nitrogen and oxygen atoms in total. The van der Waals surface area contributed by atoms with E-state index >= 15 is 0 Å². The van der Waals surface area contributed by atoms with Crippen molar-refractivity contribution in [3.05, 3.63) is 23.4 Å². The largest absolute Gasteiger partial charge is 0.478 e. The second-order valence-electron chi connectivity index (χ2n) is 4.17. The summed E-state index contributed by atoms with van der Waals surface area (Å²) in [6.45, 7) is 2.59. The highest BCUT2D eigenvalue weighted by molar-refractivity contribution is 8.00. The third-order valence-corrected chi connectivity index (χ3v) is 4.29. The van der Waals surface area contributed by atoms with Gasteiger partial charge in [-0.25, -0.2) is 9.78 Å². The first-order valence-corrected chi connectivity index (χ1v) is 6.77. The van der Waals surface area contributed by atoms with Crippen LogP contribution in [0.3, 0.4) is 0 Å². The van der Waals surface area contributed by atoms with Crippen molar-refractivity contribution in [3.8, 4) is 0 Å². The minimum atomic E-state index is -0.919. The van der Waals surface area contributed by atoms with Gasteiger partial charge in [0, 0.05) is 18.0 Å². The first-order valence-electron chi connectivity index (χ1n) is 5.73. The molecule has 0 amide bonds. The third-order valence-electron chi connectivity index (χ3n) is 2.89. The number of aromatic nitrogens is 1. The highest BCUT2D eigenvalue weighted by Crippen LogP contribution is 2.26. The van der Waals surface area contributed by atoms with Crippen LogP contribution >= 0.6 is 11.8 Å². The summed E-state index contributed by atoms with van der Waals surface area (Å²) in [4.78, 5) is 15.3. The average molecular weight is 252 g/mol. The number of aromatic carboxylic acids is 1. The van der Waals surface area contributed by atoms with Crippen LogP contribution in [0, 0.1) is 6.92 Å². The molecule has 1 aliphatic heterocycles. The van der Waals surface area contributed by atoms with Gasteiger partial charge in [0.15, 0.2) is 0 Å². The van der Waals surface area contributed by atoms with Gasteiger partial charge in [-0.1, -0.05) is 0 Å². The van der Waals surface area contributed by atoms with Crippen LogP contribution in [-0.2, 0) is 0 Å². The Kier molecular flexibility index (Phi) is 3.89. The monoisotopic (exact) mass is 252 g/mol. The summed E-state index contributed by atoms with van der Waals surface area (Å²) < 4.78 is 0. The molecule has 1 atom stereocenters. The van der Waals surface area contributed by atoms with E-state index in [1.165, 1.54) is 18.6 Å². The van der Waals surface area contributed by atoms with Crippen molar-refractivity contribution >= 4 is 23.5 Å². The van der Waals surface area contributed by atoms with Crippen molar-refractivity contribution < 1.29 is 9.90 Å². The van der Waals surface area contributed by atoms with Crippen molar-refractivity contribution in [3.63, 3.8) is 0 Å². The molecule has 1 unspecified atom stereocenters. The molecule has 0 spiro atoms. The van der Waals surface area contributed by atoms with Gasteiger partial charge in [0.25, 0.3) is 0 Å². The Bertz CT molecular complexity index is 417. The fraction of sp³-hybridized carbons (Fsp3) is 0.500. The summed E-state index contributed by atoms with van der Waals surface area (Å²) >= 11 is 1.94. The van der Waals surface area contributed by atoms with E-state index in [2.05, 4.69) is 10.3 Å². The quantitative estimate of drug-likeness (QED) is 0.861. The van der Waals surface area contributed by atoms with E-state index in [-0.39, 0.29) is 5.56 Å². The van der Waals surface area contributed by atoms with E-state index in [0.717, 1.165) is 12.1 Å². The number of anilines is 1. The molecule has 17 heavy (non-hydrogen) atoms. The molecule has 2 N–H and O–H groups in total. The molecule has 1 saturated heterocycles. The van der Waals surface area contributed by atoms with Crippen LogP contribution in [0.2, 0.25) is 0 Å². The maximum absolute atomic E-state index is 11.2. The van der Waals surface area contributed by atoms with Crippen molar-refractivity contribution in [1.29, 1.82) is 0 Å². The van der Waals surface area contributed by atoms with Crippen LogP contribution in [0.1, 0.15) is 28.8 Å². The lowest BCUT2D eigenvalue weighted by Crippen LogP contribution is -2.17. The molecule has 0 saturated carbocycles. The zero-order valence-corrected chi connectivity index (χ0v) is 10.6. The Balaban J connectivity index is 2.09. The molecule has 1 fully saturated rings. The fourth-order valence-electron chi connectivity index (χ4n) is 1.98. The van der Waals surface area contributed by atoms with Crippen molar-refractivity contribution in [2.24, 2.45) is 0 Å². The number of thioether (sulfide) groups is 1. The second-order valence-corrected chi connectivity index (χ2v) is 5.58. The van der Waals surface area contributed by atoms with Gasteiger partial charge < -0.3 is 10.4 Å². The number of carbonyl (C=O) groups is 1. The minimum absolute atomic E-state index is 0.287. The van der Waals surface area contributed by atoms with Gasteiger partial charge in [-0.3, -0.25) is 0 Å². The summed E-state index contributed by atoms with van der Waals surface area (Å²) in [5.41, 5.74) is 1.03. The number of aryl methyl sites for hydroxylation is 1. The maximum atomic E-state index is 11.2. The van der Waals surface area contributed by atoms with Crippen molar-refractivity contribution in [2.75, 3.05) is 17.6 Å². The molecule has 0 aromatic carbocycles. The smallest absolute Gasteiger partial charge is 0.339 e. The van der Waals surface area contributed by atoms with Crippen LogP contribution in [0.4, 0.5) is 5.82 Å². The summed E-state index contributed by atoms with van der Waals surface area (Å²) in [7, 11) is 0. The number of carboxylic acid groups (broad SMARTS) is 1. The van der Waals surface area contributed by atoms with E-state index in [9.17, 15) is 4.79 Å². The molecule has 0 radical (unpaired) electrons. The highest BCUT2D eigenvalue weighted by Gasteiger charge is 2.18. The zero-order valence-electron chi connectivity index (χ0n) is 9.77. The van der Waals surface area contributed by atoms with Gasteiger partial charge in [-0.2, -0.15) is 11.8 Å². The third kappa shape index (κ3) is 2.91. The van der Waals surface area contributed by atoms with E-state index in [4.69, 9.17) is 5.11 Å². The number of rotatable bonds is 4. The van der Waals surface area contributed by atoms with Crippen LogP contribution in [0.5, 0.6) is 0 Å². The lowest BCUT2D eigenvalue weighted by Gasteiger charge is -2.13. The standard InChI is InChI=1S/C12H16N2O2S/c1-8-4-5-13-11(10(8)12(15)16)14-7-9-3-2-6-17-9/h4-5,9H,2-3,6-7H2,1H3,(H,13,14)(H,15,16). The first-order chi connectivity index (χ1) is 8.18. The van der Waals surface area contributed by atoms with E-state index in [0.29, 0.717) is 11.1 Å². The number of nitrogens with one attached hydrogen (secondary N) is 1. The summed E-state index contributed by atoms with van der Waals surface area (Å²) in [5.74, 6) is 0.779. The molecule has 0 aliphatic carbocycles. The topological polar surface area (TPSA) is 62.2 Å². The summed E-state index contributed by atoms with van der Waals surface area (Å²) in [6, 6.07) is 1.72. The number of carboxylic acids is 1. The lowest BCUT2D eigenvalue weighted by molar-refractivity contribution is 0.0697. The molecule has 0 bridgehead atoms. The van der Waals surface area contributed by atoms with Crippen molar-refractivity contribution in [2.45, 2.75) is 25.0 Å². The van der Waals surface area contributed by atoms with Gasteiger partial charge in [-0.05, 0) is 37.1 Å². The molecule has 2 rings (SSSR count). The fourth-order valence-corrected chi connectivity index (χ4v) is 3.18. The van der Waals surface area contributed by atoms with Gasteiger partial charge in [0.1, 0.15) is 11.4 Å². The second kappa shape index (κ2) is 5.40. The average Bonchev–Trinajstić information content (AvgIpc) is 2.78. The van der Waals surface area contributed by atoms with E-state index in [1.807, 2.05) is 11.8 Å². The van der Waals surface area contributed by atoms with Crippen LogP contribution in [0.25, 0.3) is 0 Å². The maximum Gasteiger partial charge on any atom is 0.339 e. The van der Waals surface area contributed by atoms with Crippen molar-refractivity contribution in [1.82, 2.24) is 4.98 Å². The SMILES string of the molecule is Cc1ccnc(NCC2CCCS2)c1C(=O)O. The number of hydrogen-bond acceptors (Lipinski definition) is 4. The van der Waals surface area contributed by atoms with Crippen LogP contribution < -0.4 is 5.32 Å². The molecule has 92 valence electrons. The Morgan fingerprint density at radius 1 is 1.71 bits per heavy atom. The Morgan fingerprint density at radius 2 is 2.53 bits per heavy atom. The lowest BCUT2D eigenvalue weighted by atomic mass is 10.1. The molecule has 5 heteroatoms. The van der Waals surface area contributed by atoms with Gasteiger partial charge in [0.2, 0.25) is 0 Å². The summed E-state index contributed by atoms with van der Waals surface area (Å²) in [6.07, 6.45) is 4.10. The van der Waals surface area contributed by atoms with Crippen LogP contribution in [-0.4, -0.2) is 33.6 Å². The molecule has 2 heterocycles. The predicted octanol–water partition coefficient (Wildman–Crippen LogP) is 2.40. The first kappa shape index (κ1) is 12.2. The van der Waals surface area contributed by atoms with Gasteiger partial charge in [-0.15, -0.1) is 0 Å². The number of hydrogen-bond donors (Lipinski definition) is 2.